The van der Waals surface area contributed by atoms with Crippen molar-refractivity contribution < 1.29 is 9.53 Å². The van der Waals surface area contributed by atoms with E-state index in [9.17, 15) is 4.79 Å². The Balaban J connectivity index is 1.50. The highest BCUT2D eigenvalue weighted by Gasteiger charge is 2.33. The molecule has 2 aromatic heterocycles. The van der Waals surface area contributed by atoms with Crippen molar-refractivity contribution in [3.63, 3.8) is 0 Å². The van der Waals surface area contributed by atoms with Gasteiger partial charge < -0.3 is 14.5 Å². The van der Waals surface area contributed by atoms with Crippen LogP contribution in [0, 0.1) is 0 Å². The van der Waals surface area contributed by atoms with Gasteiger partial charge in [-0.3, -0.25) is 14.2 Å². The molecule has 168 valence electrons. The van der Waals surface area contributed by atoms with E-state index in [1.165, 1.54) is 0 Å². The van der Waals surface area contributed by atoms with Gasteiger partial charge in [0.2, 0.25) is 5.91 Å². The third-order valence-electron chi connectivity index (χ3n) is 6.68. The highest BCUT2D eigenvalue weighted by Crippen LogP contribution is 2.43. The van der Waals surface area contributed by atoms with Gasteiger partial charge in [0.1, 0.15) is 0 Å². The van der Waals surface area contributed by atoms with Crippen LogP contribution in [0.25, 0.3) is 22.0 Å². The number of carbonyl (C=O) groups excluding carboxylic acids is 1. The molecule has 0 saturated carbocycles. The van der Waals surface area contributed by atoms with Crippen molar-refractivity contribution in [3.8, 4) is 11.1 Å². The number of hydrogen-bond acceptors (Lipinski definition) is 5. The first-order chi connectivity index (χ1) is 16.0. The fourth-order valence-corrected chi connectivity index (χ4v) is 4.94. The predicted molar refractivity (Wildman–Crippen MR) is 128 cm³/mol. The van der Waals surface area contributed by atoms with Crippen LogP contribution in [0.5, 0.6) is 0 Å². The van der Waals surface area contributed by atoms with Gasteiger partial charge in [0.05, 0.1) is 48.4 Å². The highest BCUT2D eigenvalue weighted by atomic mass is 16.5. The molecule has 2 aliphatic rings. The minimum atomic E-state index is 0.0167. The number of anilines is 3. The van der Waals surface area contributed by atoms with E-state index < -0.39 is 0 Å². The van der Waals surface area contributed by atoms with Crippen LogP contribution < -0.4 is 9.80 Å². The van der Waals surface area contributed by atoms with E-state index in [1.54, 1.807) is 6.92 Å². The molecule has 6 rings (SSSR count). The van der Waals surface area contributed by atoms with Gasteiger partial charge in [-0.25, -0.2) is 0 Å². The van der Waals surface area contributed by atoms with E-state index in [2.05, 4.69) is 47.4 Å². The molecule has 0 N–H and O–H groups in total. The molecule has 33 heavy (non-hydrogen) atoms. The Morgan fingerprint density at radius 1 is 1.09 bits per heavy atom. The molecule has 0 aliphatic carbocycles. The summed E-state index contributed by atoms with van der Waals surface area (Å²) in [5.41, 5.74) is 5.06. The van der Waals surface area contributed by atoms with Gasteiger partial charge in [-0.2, -0.15) is 10.2 Å². The SMILES string of the molecule is CC(=O)N1c2ccc(-c3cnn(C4COC4)c3)cc2N(c2nn(C)c3ccccc23)CC1C. The third-order valence-corrected chi connectivity index (χ3v) is 6.68. The molecule has 2 aromatic carbocycles. The molecular weight excluding hydrogens is 416 g/mol. The Labute approximate surface area is 192 Å². The fraction of sp³-hybridized carbons (Fsp3) is 0.320. The van der Waals surface area contributed by atoms with Gasteiger partial charge in [-0.05, 0) is 36.8 Å². The van der Waals surface area contributed by atoms with Gasteiger partial charge in [-0.15, -0.1) is 0 Å². The summed E-state index contributed by atoms with van der Waals surface area (Å²) in [6.07, 6.45) is 3.97. The Hall–Kier alpha value is -3.65. The van der Waals surface area contributed by atoms with E-state index in [-0.39, 0.29) is 11.9 Å². The van der Waals surface area contributed by atoms with E-state index in [0.717, 1.165) is 39.2 Å². The smallest absolute Gasteiger partial charge is 0.224 e. The second kappa shape index (κ2) is 7.45. The molecule has 1 unspecified atom stereocenters. The van der Waals surface area contributed by atoms with E-state index in [1.807, 2.05) is 45.7 Å². The molecule has 1 fully saturated rings. The zero-order valence-electron chi connectivity index (χ0n) is 19.0. The molecule has 4 aromatic rings. The van der Waals surface area contributed by atoms with Crippen molar-refractivity contribution in [1.29, 1.82) is 0 Å². The number of fused-ring (bicyclic) bond motifs is 2. The summed E-state index contributed by atoms with van der Waals surface area (Å²) in [6.45, 7) is 5.79. The summed E-state index contributed by atoms with van der Waals surface area (Å²) in [5.74, 6) is 0.948. The number of aryl methyl sites for hydroxylation is 1. The van der Waals surface area contributed by atoms with Gasteiger partial charge in [0, 0.05) is 37.7 Å². The second-order valence-electron chi connectivity index (χ2n) is 8.92. The summed E-state index contributed by atoms with van der Waals surface area (Å²) in [7, 11) is 1.97. The predicted octanol–water partition coefficient (Wildman–Crippen LogP) is 3.90. The molecule has 8 heteroatoms. The Morgan fingerprint density at radius 2 is 1.91 bits per heavy atom. The van der Waals surface area contributed by atoms with Crippen molar-refractivity contribution in [2.75, 3.05) is 29.6 Å². The molecule has 2 aliphatic heterocycles. The Morgan fingerprint density at radius 3 is 2.67 bits per heavy atom. The number of carbonyl (C=O) groups is 1. The lowest BCUT2D eigenvalue weighted by Gasteiger charge is -2.41. The van der Waals surface area contributed by atoms with Crippen LogP contribution in [0.2, 0.25) is 0 Å². The molecule has 0 spiro atoms. The van der Waals surface area contributed by atoms with Crippen LogP contribution in [0.4, 0.5) is 17.2 Å². The summed E-state index contributed by atoms with van der Waals surface area (Å²) >= 11 is 0. The maximum atomic E-state index is 12.6. The first-order valence-corrected chi connectivity index (χ1v) is 11.3. The Kier molecular flexibility index (Phi) is 4.51. The van der Waals surface area contributed by atoms with Crippen LogP contribution in [0.15, 0.2) is 54.9 Å². The number of aromatic nitrogens is 4. The van der Waals surface area contributed by atoms with Crippen molar-refractivity contribution in [1.82, 2.24) is 19.6 Å². The fourth-order valence-electron chi connectivity index (χ4n) is 4.94. The van der Waals surface area contributed by atoms with Crippen molar-refractivity contribution >= 4 is 34.0 Å². The van der Waals surface area contributed by atoms with E-state index in [4.69, 9.17) is 9.84 Å². The normalized spacial score (nSPS) is 18.5. The molecule has 4 heterocycles. The lowest BCUT2D eigenvalue weighted by Crippen LogP contribution is -2.48. The van der Waals surface area contributed by atoms with Crippen molar-refractivity contribution in [3.05, 3.63) is 54.9 Å². The van der Waals surface area contributed by atoms with E-state index in [0.29, 0.717) is 25.8 Å². The lowest BCUT2D eigenvalue weighted by atomic mass is 10.0. The molecule has 1 saturated heterocycles. The topological polar surface area (TPSA) is 68.4 Å². The monoisotopic (exact) mass is 442 g/mol. The number of ether oxygens (including phenoxy) is 1. The molecule has 0 bridgehead atoms. The maximum absolute atomic E-state index is 12.6. The highest BCUT2D eigenvalue weighted by molar-refractivity contribution is 6.01. The molecule has 1 atom stereocenters. The van der Waals surface area contributed by atoms with Crippen LogP contribution in [-0.2, 0) is 16.6 Å². The molecule has 1 amide bonds. The van der Waals surface area contributed by atoms with Crippen LogP contribution in [-0.4, -0.2) is 51.3 Å². The standard InChI is InChI=1S/C25H26N6O2/c1-16-12-29(25-21-6-4-5-7-22(21)28(3)27-25)24-10-18(8-9-23(24)31(16)17(2)32)19-11-26-30(13-19)20-14-33-15-20/h4-11,13,16,20H,12,14-15H2,1-3H3. The number of hydrogen-bond donors (Lipinski definition) is 0. The summed E-state index contributed by atoms with van der Waals surface area (Å²) in [6, 6.07) is 14.8. The maximum Gasteiger partial charge on any atom is 0.224 e. The van der Waals surface area contributed by atoms with Crippen molar-refractivity contribution in [2.24, 2.45) is 7.05 Å². The number of rotatable bonds is 3. The third kappa shape index (κ3) is 3.13. The zero-order chi connectivity index (χ0) is 22.7. The minimum Gasteiger partial charge on any atom is -0.377 e. The zero-order valence-corrected chi connectivity index (χ0v) is 19.0. The van der Waals surface area contributed by atoms with Gasteiger partial charge >= 0.3 is 0 Å². The Bertz CT molecular complexity index is 1370. The lowest BCUT2D eigenvalue weighted by molar-refractivity contribution is -0.117. The van der Waals surface area contributed by atoms with Gasteiger partial charge in [0.15, 0.2) is 5.82 Å². The van der Waals surface area contributed by atoms with E-state index >= 15 is 0 Å². The number of nitrogens with zero attached hydrogens (tertiary/aromatic N) is 6. The average Bonchev–Trinajstić information content (AvgIpc) is 3.37. The summed E-state index contributed by atoms with van der Waals surface area (Å²) < 4.78 is 9.21. The van der Waals surface area contributed by atoms with Gasteiger partial charge in [-0.1, -0.05) is 18.2 Å². The van der Waals surface area contributed by atoms with Gasteiger partial charge in [0.25, 0.3) is 0 Å². The quantitative estimate of drug-likeness (QED) is 0.481. The molecule has 0 radical (unpaired) electrons. The van der Waals surface area contributed by atoms with Crippen molar-refractivity contribution in [2.45, 2.75) is 25.9 Å². The van der Waals surface area contributed by atoms with Crippen LogP contribution in [0.3, 0.4) is 0 Å². The summed E-state index contributed by atoms with van der Waals surface area (Å²) in [4.78, 5) is 16.7. The number of para-hydroxylation sites is 1. The first kappa shape index (κ1) is 20.0. The largest absolute Gasteiger partial charge is 0.377 e. The first-order valence-electron chi connectivity index (χ1n) is 11.3. The molecular formula is C25H26N6O2. The molecule has 8 nitrogen and oxygen atoms in total. The number of amides is 1. The average molecular weight is 443 g/mol. The van der Waals surface area contributed by atoms with Crippen LogP contribution >= 0.6 is 0 Å². The second-order valence-corrected chi connectivity index (χ2v) is 8.92. The summed E-state index contributed by atoms with van der Waals surface area (Å²) in [5, 5.41) is 10.5. The minimum absolute atomic E-state index is 0.0167. The number of benzene rings is 2. The van der Waals surface area contributed by atoms with Crippen LogP contribution in [0.1, 0.15) is 19.9 Å².